The van der Waals surface area contributed by atoms with Crippen LogP contribution in [0.5, 0.6) is 11.6 Å². The SMILES string of the molecule is COCC(C)Nc1nc(Oc2cccc3[nH]c(=O)c(N)nc23)cc(-c2ccc(C(F)(F)F)cc2NC(=O)[C@@H]2CC[C@H](C)N2)n1. The van der Waals surface area contributed by atoms with Crippen LogP contribution >= 0.6 is 0 Å². The summed E-state index contributed by atoms with van der Waals surface area (Å²) in [6.45, 7) is 4.06. The molecule has 1 aliphatic heterocycles. The first-order valence-corrected chi connectivity index (χ1v) is 13.8. The molecule has 3 heterocycles. The third-order valence-electron chi connectivity index (χ3n) is 6.99. The van der Waals surface area contributed by atoms with Crippen molar-refractivity contribution < 1.29 is 27.4 Å². The number of nitrogens with one attached hydrogen (secondary N) is 4. The predicted molar refractivity (Wildman–Crippen MR) is 159 cm³/mol. The lowest BCUT2D eigenvalue weighted by molar-refractivity contribution is -0.137. The molecular formula is C29H31F3N8O4. The highest BCUT2D eigenvalue weighted by Crippen LogP contribution is 2.37. The molecule has 44 heavy (non-hydrogen) atoms. The number of nitrogens with two attached hydrogens (primary N) is 1. The maximum atomic E-state index is 13.7. The number of rotatable bonds is 9. The van der Waals surface area contributed by atoms with Crippen molar-refractivity contribution in [3.8, 4) is 22.9 Å². The van der Waals surface area contributed by atoms with Gasteiger partial charge in [-0.1, -0.05) is 12.1 Å². The van der Waals surface area contributed by atoms with Gasteiger partial charge >= 0.3 is 6.18 Å². The highest BCUT2D eigenvalue weighted by Gasteiger charge is 2.33. The van der Waals surface area contributed by atoms with Crippen LogP contribution in [0.25, 0.3) is 22.3 Å². The highest BCUT2D eigenvalue weighted by atomic mass is 19.4. The second-order valence-corrected chi connectivity index (χ2v) is 10.6. The molecule has 0 spiro atoms. The molecule has 2 aromatic heterocycles. The number of carbonyl (C=O) groups is 1. The standard InChI is InChI=1S/C29H31F3N8O4/c1-14-7-10-19(34-14)26(41)37-20-11-16(29(30,31)32)8-9-17(20)21-12-23(39-28(38-21)35-15(2)13-43-3)44-22-6-4-5-18-24(22)40-25(33)27(42)36-18/h4-6,8-9,11-12,14-15,19,34H,7,10,13H2,1-3H3,(H2,33,40)(H,36,42)(H,37,41)(H,35,38,39)/t14-,15?,19-/m0/s1. The van der Waals surface area contributed by atoms with Gasteiger partial charge in [0.25, 0.3) is 5.56 Å². The molecule has 0 radical (unpaired) electrons. The Balaban J connectivity index is 1.60. The van der Waals surface area contributed by atoms with Crippen molar-refractivity contribution in [2.75, 3.05) is 30.1 Å². The molecule has 4 aromatic rings. The summed E-state index contributed by atoms with van der Waals surface area (Å²) in [7, 11) is 1.53. The van der Waals surface area contributed by atoms with Gasteiger partial charge < -0.3 is 36.1 Å². The van der Waals surface area contributed by atoms with E-state index in [1.165, 1.54) is 19.2 Å². The molecule has 6 N–H and O–H groups in total. The van der Waals surface area contributed by atoms with E-state index in [1.807, 2.05) is 13.8 Å². The summed E-state index contributed by atoms with van der Waals surface area (Å²) in [5.74, 6) is -0.422. The number of ether oxygens (including phenoxy) is 2. The Hall–Kier alpha value is -4.76. The minimum atomic E-state index is -4.65. The largest absolute Gasteiger partial charge is 0.436 e. The third kappa shape index (κ3) is 6.89. The Labute approximate surface area is 249 Å². The summed E-state index contributed by atoms with van der Waals surface area (Å²) in [5.41, 5.74) is 5.15. The van der Waals surface area contributed by atoms with Crippen LogP contribution < -0.4 is 32.0 Å². The molecule has 15 heteroatoms. The number of anilines is 3. The fourth-order valence-corrected chi connectivity index (χ4v) is 4.88. The first kappa shape index (κ1) is 30.7. The fourth-order valence-electron chi connectivity index (χ4n) is 4.88. The zero-order valence-electron chi connectivity index (χ0n) is 24.1. The van der Waals surface area contributed by atoms with Crippen molar-refractivity contribution in [2.24, 2.45) is 0 Å². The Morgan fingerprint density at radius 1 is 1.16 bits per heavy atom. The Morgan fingerprint density at radius 2 is 1.95 bits per heavy atom. The van der Waals surface area contributed by atoms with Crippen LogP contribution in [-0.2, 0) is 15.7 Å². The molecule has 1 aliphatic rings. The van der Waals surface area contributed by atoms with Crippen molar-refractivity contribution in [3.05, 3.63) is 58.4 Å². The molecule has 0 aliphatic carbocycles. The van der Waals surface area contributed by atoms with Crippen molar-refractivity contribution >= 4 is 34.4 Å². The van der Waals surface area contributed by atoms with Crippen molar-refractivity contribution in [1.29, 1.82) is 0 Å². The van der Waals surface area contributed by atoms with Crippen molar-refractivity contribution in [2.45, 2.75) is 51.0 Å². The van der Waals surface area contributed by atoms with E-state index in [-0.39, 0.29) is 57.9 Å². The van der Waals surface area contributed by atoms with Crippen LogP contribution in [0.2, 0.25) is 0 Å². The van der Waals surface area contributed by atoms with E-state index >= 15 is 0 Å². The Morgan fingerprint density at radius 3 is 2.66 bits per heavy atom. The lowest BCUT2D eigenvalue weighted by Gasteiger charge is -2.19. The van der Waals surface area contributed by atoms with E-state index in [4.69, 9.17) is 15.2 Å². The van der Waals surface area contributed by atoms with Gasteiger partial charge in [0.05, 0.1) is 35.1 Å². The Kier molecular flexibility index (Phi) is 8.69. The van der Waals surface area contributed by atoms with Gasteiger partial charge in [-0.2, -0.15) is 18.2 Å². The summed E-state index contributed by atoms with van der Waals surface area (Å²) in [6, 6.07) is 8.60. The van der Waals surface area contributed by atoms with Crippen molar-refractivity contribution in [1.82, 2.24) is 25.3 Å². The minimum Gasteiger partial charge on any atom is -0.436 e. The molecular weight excluding hydrogens is 581 g/mol. The molecule has 0 saturated carbocycles. The van der Waals surface area contributed by atoms with Gasteiger partial charge in [0.2, 0.25) is 17.7 Å². The fraction of sp³-hybridized carbons (Fsp3) is 0.345. The third-order valence-corrected chi connectivity index (χ3v) is 6.99. The van der Waals surface area contributed by atoms with E-state index in [1.54, 1.807) is 18.2 Å². The molecule has 1 fully saturated rings. The van der Waals surface area contributed by atoms with Crippen LogP contribution in [0.15, 0.2) is 47.3 Å². The van der Waals surface area contributed by atoms with E-state index in [0.717, 1.165) is 18.6 Å². The number of hydrogen-bond donors (Lipinski definition) is 5. The number of alkyl halides is 3. The summed E-state index contributed by atoms with van der Waals surface area (Å²) >= 11 is 0. The van der Waals surface area contributed by atoms with E-state index < -0.39 is 29.2 Å². The second-order valence-electron chi connectivity index (χ2n) is 10.6. The molecule has 1 saturated heterocycles. The average Bonchev–Trinajstić information content (AvgIpc) is 3.40. The number of para-hydroxylation sites is 1. The van der Waals surface area contributed by atoms with Crippen LogP contribution in [0.4, 0.5) is 30.6 Å². The lowest BCUT2D eigenvalue weighted by Crippen LogP contribution is -2.38. The summed E-state index contributed by atoms with van der Waals surface area (Å²) in [5, 5.41) is 8.90. The molecule has 1 unspecified atom stereocenters. The quantitative estimate of drug-likeness (QED) is 0.184. The first-order chi connectivity index (χ1) is 20.9. The van der Waals surface area contributed by atoms with Gasteiger partial charge in [-0.05, 0) is 51.0 Å². The lowest BCUT2D eigenvalue weighted by atomic mass is 10.0. The molecule has 1 amide bonds. The monoisotopic (exact) mass is 612 g/mol. The van der Waals surface area contributed by atoms with E-state index in [2.05, 4.69) is 35.9 Å². The number of amides is 1. The number of nitrogens with zero attached hydrogens (tertiary/aromatic N) is 3. The number of aromatic amines is 1. The summed E-state index contributed by atoms with van der Waals surface area (Å²) in [6.07, 6.45) is -3.34. The topological polar surface area (TPSA) is 169 Å². The van der Waals surface area contributed by atoms with Crippen LogP contribution in [0.1, 0.15) is 32.3 Å². The predicted octanol–water partition coefficient (Wildman–Crippen LogP) is 4.30. The van der Waals surface area contributed by atoms with Gasteiger partial charge in [-0.25, -0.2) is 9.97 Å². The van der Waals surface area contributed by atoms with Gasteiger partial charge in [0.15, 0.2) is 11.6 Å². The van der Waals surface area contributed by atoms with Gasteiger partial charge in [0.1, 0.15) is 5.52 Å². The Bertz CT molecular complexity index is 1750. The molecule has 3 atom stereocenters. The second kappa shape index (κ2) is 12.5. The molecule has 0 bridgehead atoms. The summed E-state index contributed by atoms with van der Waals surface area (Å²) < 4.78 is 52.5. The number of methoxy groups -OCH3 is 1. The molecule has 232 valence electrons. The maximum absolute atomic E-state index is 13.7. The molecule has 12 nitrogen and oxygen atoms in total. The first-order valence-electron chi connectivity index (χ1n) is 13.8. The maximum Gasteiger partial charge on any atom is 0.416 e. The van der Waals surface area contributed by atoms with Gasteiger partial charge in [0, 0.05) is 30.8 Å². The number of hydrogen-bond acceptors (Lipinski definition) is 10. The van der Waals surface area contributed by atoms with E-state index in [0.29, 0.717) is 18.5 Å². The van der Waals surface area contributed by atoms with Crippen LogP contribution in [0, 0.1) is 0 Å². The number of H-pyrrole nitrogens is 1. The normalized spacial score (nSPS) is 17.4. The number of carbonyl (C=O) groups excluding carboxylic acids is 1. The van der Waals surface area contributed by atoms with Gasteiger partial charge in [-0.3, -0.25) is 9.59 Å². The molecule has 2 aromatic carbocycles. The van der Waals surface area contributed by atoms with Gasteiger partial charge in [-0.15, -0.1) is 0 Å². The average molecular weight is 613 g/mol. The smallest absolute Gasteiger partial charge is 0.416 e. The number of fused-ring (bicyclic) bond motifs is 1. The number of nitrogen functional groups attached to an aromatic ring is 1. The zero-order chi connectivity index (χ0) is 31.6. The number of aromatic nitrogens is 4. The highest BCUT2D eigenvalue weighted by molar-refractivity contribution is 5.98. The summed E-state index contributed by atoms with van der Waals surface area (Å²) in [4.78, 5) is 40.8. The van der Waals surface area contributed by atoms with Crippen molar-refractivity contribution in [3.63, 3.8) is 0 Å². The van der Waals surface area contributed by atoms with Crippen LogP contribution in [-0.4, -0.2) is 57.7 Å². The van der Waals surface area contributed by atoms with E-state index in [9.17, 15) is 22.8 Å². The minimum absolute atomic E-state index is 0.00430. The molecule has 5 rings (SSSR count). The number of benzene rings is 2. The number of halogens is 3. The zero-order valence-corrected chi connectivity index (χ0v) is 24.1. The van der Waals surface area contributed by atoms with Crippen LogP contribution in [0.3, 0.4) is 0 Å².